The lowest BCUT2D eigenvalue weighted by Crippen LogP contribution is -1.99. The van der Waals surface area contributed by atoms with Crippen LogP contribution in [0.25, 0.3) is 10.9 Å². The Hall–Kier alpha value is -1.59. The Morgan fingerprint density at radius 2 is 1.95 bits per heavy atom. The number of rotatable bonds is 3. The maximum Gasteiger partial charge on any atom is 0.134 e. The topological polar surface area (TPSA) is 48.1 Å². The lowest BCUT2D eigenvalue weighted by molar-refractivity contribution is 0.305. The van der Waals surface area contributed by atoms with Gasteiger partial charge < -0.3 is 10.5 Å². The average molecular weight is 408 g/mol. The minimum absolute atomic E-state index is 0.439. The van der Waals surface area contributed by atoms with E-state index in [0.29, 0.717) is 6.61 Å². The summed E-state index contributed by atoms with van der Waals surface area (Å²) >= 11 is 6.91. The molecular formula is C16H12Br2N2O. The van der Waals surface area contributed by atoms with Crippen molar-refractivity contribution in [2.45, 2.75) is 6.61 Å². The van der Waals surface area contributed by atoms with Gasteiger partial charge >= 0.3 is 0 Å². The van der Waals surface area contributed by atoms with Gasteiger partial charge in [-0.3, -0.25) is 4.98 Å². The highest BCUT2D eigenvalue weighted by molar-refractivity contribution is 9.11. The molecule has 0 aliphatic carbocycles. The van der Waals surface area contributed by atoms with Gasteiger partial charge in [-0.15, -0.1) is 0 Å². The van der Waals surface area contributed by atoms with E-state index in [-0.39, 0.29) is 0 Å². The van der Waals surface area contributed by atoms with Crippen LogP contribution >= 0.6 is 31.9 Å². The Balaban J connectivity index is 1.90. The summed E-state index contributed by atoms with van der Waals surface area (Å²) in [4.78, 5) is 4.41. The number of nitrogen functional groups attached to an aromatic ring is 1. The van der Waals surface area contributed by atoms with Gasteiger partial charge in [0.15, 0.2) is 0 Å². The number of anilines is 1. The summed E-state index contributed by atoms with van der Waals surface area (Å²) in [5.41, 5.74) is 8.60. The molecule has 0 aliphatic heterocycles. The molecule has 0 aliphatic rings. The second-order valence-electron chi connectivity index (χ2n) is 4.58. The molecule has 0 radical (unpaired) electrons. The van der Waals surface area contributed by atoms with Gasteiger partial charge in [-0.25, -0.2) is 0 Å². The van der Waals surface area contributed by atoms with Gasteiger partial charge in [0.25, 0.3) is 0 Å². The largest absolute Gasteiger partial charge is 0.488 e. The molecule has 0 saturated heterocycles. The van der Waals surface area contributed by atoms with Gasteiger partial charge in [-0.05, 0) is 52.3 Å². The second kappa shape index (κ2) is 6.03. The third kappa shape index (κ3) is 3.04. The summed E-state index contributed by atoms with van der Waals surface area (Å²) in [6, 6.07) is 13.5. The van der Waals surface area contributed by atoms with Crippen molar-refractivity contribution in [2.24, 2.45) is 0 Å². The van der Waals surface area contributed by atoms with Crippen LogP contribution < -0.4 is 10.5 Å². The fourth-order valence-corrected chi connectivity index (χ4v) is 3.28. The lowest BCUT2D eigenvalue weighted by atomic mass is 10.1. The van der Waals surface area contributed by atoms with Gasteiger partial charge in [0.05, 0.1) is 9.99 Å². The SMILES string of the molecule is Nc1ccc(COc2ccc(Br)cc2Br)c2ncccc12. The Morgan fingerprint density at radius 1 is 1.10 bits per heavy atom. The quantitative estimate of drug-likeness (QED) is 0.626. The van der Waals surface area contributed by atoms with Crippen LogP contribution in [0.3, 0.4) is 0 Å². The van der Waals surface area contributed by atoms with Crippen LogP contribution in [0.1, 0.15) is 5.56 Å². The van der Waals surface area contributed by atoms with Crippen molar-refractivity contribution in [1.29, 1.82) is 0 Å². The van der Waals surface area contributed by atoms with Gasteiger partial charge in [0.1, 0.15) is 12.4 Å². The van der Waals surface area contributed by atoms with Crippen LogP contribution in [-0.4, -0.2) is 4.98 Å². The van der Waals surface area contributed by atoms with Crippen molar-refractivity contribution in [1.82, 2.24) is 4.98 Å². The van der Waals surface area contributed by atoms with Gasteiger partial charge in [0.2, 0.25) is 0 Å². The van der Waals surface area contributed by atoms with Crippen molar-refractivity contribution in [3.63, 3.8) is 0 Å². The lowest BCUT2D eigenvalue weighted by Gasteiger charge is -2.11. The third-order valence-corrected chi connectivity index (χ3v) is 4.28. The summed E-state index contributed by atoms with van der Waals surface area (Å²) in [6.45, 7) is 0.439. The first-order valence-electron chi connectivity index (χ1n) is 6.35. The zero-order valence-corrected chi connectivity index (χ0v) is 14.2. The number of hydrogen-bond acceptors (Lipinski definition) is 3. The van der Waals surface area contributed by atoms with Crippen LogP contribution in [0.4, 0.5) is 5.69 Å². The monoisotopic (exact) mass is 406 g/mol. The van der Waals surface area contributed by atoms with E-state index in [9.17, 15) is 0 Å². The molecule has 0 unspecified atom stereocenters. The highest BCUT2D eigenvalue weighted by Gasteiger charge is 2.07. The van der Waals surface area contributed by atoms with Gasteiger partial charge in [0, 0.05) is 27.3 Å². The third-order valence-electron chi connectivity index (χ3n) is 3.16. The molecule has 1 heterocycles. The zero-order chi connectivity index (χ0) is 14.8. The molecule has 0 saturated carbocycles. The van der Waals surface area contributed by atoms with Crippen LogP contribution in [0.2, 0.25) is 0 Å². The predicted octanol–water partition coefficient (Wildman–Crippen LogP) is 4.92. The maximum absolute atomic E-state index is 5.98. The molecule has 106 valence electrons. The molecule has 0 bridgehead atoms. The van der Waals surface area contributed by atoms with E-state index in [1.807, 2.05) is 42.5 Å². The number of nitrogens with two attached hydrogens (primary N) is 1. The Labute approximate surface area is 139 Å². The Bertz CT molecular complexity index is 805. The van der Waals surface area contributed by atoms with E-state index in [4.69, 9.17) is 10.5 Å². The second-order valence-corrected chi connectivity index (χ2v) is 6.35. The zero-order valence-electron chi connectivity index (χ0n) is 11.0. The molecule has 0 amide bonds. The summed E-state index contributed by atoms with van der Waals surface area (Å²) in [5.74, 6) is 0.791. The molecule has 2 aromatic carbocycles. The number of hydrogen-bond donors (Lipinski definition) is 1. The van der Waals surface area contributed by atoms with Crippen LogP contribution in [-0.2, 0) is 6.61 Å². The van der Waals surface area contributed by atoms with Crippen LogP contribution in [0.15, 0.2) is 57.6 Å². The molecule has 2 N–H and O–H groups in total. The Morgan fingerprint density at radius 3 is 2.76 bits per heavy atom. The normalized spacial score (nSPS) is 10.8. The fraction of sp³-hybridized carbons (Fsp3) is 0.0625. The average Bonchev–Trinajstić information content (AvgIpc) is 2.48. The first-order chi connectivity index (χ1) is 10.1. The molecule has 3 aromatic rings. The van der Waals surface area contributed by atoms with Crippen molar-refractivity contribution in [3.8, 4) is 5.75 Å². The minimum Gasteiger partial charge on any atom is -0.488 e. The van der Waals surface area contributed by atoms with Gasteiger partial charge in [-0.2, -0.15) is 0 Å². The smallest absolute Gasteiger partial charge is 0.134 e. The van der Waals surface area contributed by atoms with E-state index < -0.39 is 0 Å². The fourth-order valence-electron chi connectivity index (χ4n) is 2.12. The number of benzene rings is 2. The summed E-state index contributed by atoms with van der Waals surface area (Å²) in [6.07, 6.45) is 1.76. The number of pyridine rings is 1. The first kappa shape index (κ1) is 14.4. The van der Waals surface area contributed by atoms with Crippen LogP contribution in [0.5, 0.6) is 5.75 Å². The van der Waals surface area contributed by atoms with Crippen molar-refractivity contribution >= 4 is 48.5 Å². The minimum atomic E-state index is 0.439. The molecule has 0 atom stereocenters. The maximum atomic E-state index is 5.98. The first-order valence-corrected chi connectivity index (χ1v) is 7.93. The van der Waals surface area contributed by atoms with Crippen molar-refractivity contribution < 1.29 is 4.74 Å². The number of ether oxygens (including phenoxy) is 1. The van der Waals surface area contributed by atoms with Gasteiger partial charge in [-0.1, -0.05) is 22.0 Å². The standard InChI is InChI=1S/C16H12Br2N2O/c17-11-4-6-15(13(18)8-11)21-9-10-3-5-14(19)12-2-1-7-20-16(10)12/h1-8H,9,19H2. The van der Waals surface area contributed by atoms with Crippen molar-refractivity contribution in [2.75, 3.05) is 5.73 Å². The van der Waals surface area contributed by atoms with Crippen molar-refractivity contribution in [3.05, 3.63) is 63.2 Å². The highest BCUT2D eigenvalue weighted by atomic mass is 79.9. The van der Waals surface area contributed by atoms with E-state index in [2.05, 4.69) is 36.8 Å². The number of nitrogens with zero attached hydrogens (tertiary/aromatic N) is 1. The molecule has 1 aromatic heterocycles. The van der Waals surface area contributed by atoms with E-state index >= 15 is 0 Å². The molecule has 3 rings (SSSR count). The highest BCUT2D eigenvalue weighted by Crippen LogP contribution is 2.30. The van der Waals surface area contributed by atoms with E-state index in [1.165, 1.54) is 0 Å². The Kier molecular flexibility index (Phi) is 4.12. The number of aromatic nitrogens is 1. The van der Waals surface area contributed by atoms with E-state index in [1.54, 1.807) is 6.20 Å². The molecule has 0 fully saturated rings. The number of halogens is 2. The summed E-state index contributed by atoms with van der Waals surface area (Å²) in [7, 11) is 0. The number of fused-ring (bicyclic) bond motifs is 1. The molecule has 5 heteroatoms. The predicted molar refractivity (Wildman–Crippen MR) is 92.3 cm³/mol. The van der Waals surface area contributed by atoms with Crippen LogP contribution in [0, 0.1) is 0 Å². The summed E-state index contributed by atoms with van der Waals surface area (Å²) in [5, 5.41) is 0.952. The molecule has 3 nitrogen and oxygen atoms in total. The molecule has 21 heavy (non-hydrogen) atoms. The summed E-state index contributed by atoms with van der Waals surface area (Å²) < 4.78 is 7.79. The molecule has 0 spiro atoms. The molecular weight excluding hydrogens is 396 g/mol. The van der Waals surface area contributed by atoms with E-state index in [0.717, 1.165) is 36.8 Å².